The fourth-order valence-corrected chi connectivity index (χ4v) is 2.29. The van der Waals surface area contributed by atoms with E-state index in [1.165, 1.54) is 32.2 Å². The zero-order valence-corrected chi connectivity index (χ0v) is 13.2. The van der Waals surface area contributed by atoms with E-state index >= 15 is 0 Å². The third kappa shape index (κ3) is 7.54. The van der Waals surface area contributed by atoms with Crippen LogP contribution in [0.25, 0.3) is 0 Å². The molecule has 0 bridgehead atoms. The smallest absolute Gasteiger partial charge is 0.104 e. The third-order valence-electron chi connectivity index (χ3n) is 3.90. The Morgan fingerprint density at radius 2 is 2.00 bits per heavy atom. The minimum Gasteiger partial charge on any atom is -0.306 e. The van der Waals surface area contributed by atoms with Crippen molar-refractivity contribution in [2.24, 2.45) is 5.92 Å². The van der Waals surface area contributed by atoms with E-state index in [2.05, 4.69) is 37.2 Å². The Labute approximate surface area is 119 Å². The van der Waals surface area contributed by atoms with E-state index in [0.717, 1.165) is 25.3 Å². The molecule has 0 aromatic heterocycles. The van der Waals surface area contributed by atoms with Crippen LogP contribution in [0.4, 0.5) is 0 Å². The van der Waals surface area contributed by atoms with Gasteiger partial charge >= 0.3 is 0 Å². The molecule has 0 aromatic rings. The Hall–Kier alpha value is -0.590. The maximum Gasteiger partial charge on any atom is 0.104 e. The summed E-state index contributed by atoms with van der Waals surface area (Å²) in [4.78, 5) is 2.41. The first-order chi connectivity index (χ1) is 8.95. The summed E-state index contributed by atoms with van der Waals surface area (Å²) in [7, 11) is 2.20. The van der Waals surface area contributed by atoms with Gasteiger partial charge in [0.2, 0.25) is 0 Å². The highest BCUT2D eigenvalue weighted by Crippen LogP contribution is 2.24. The van der Waals surface area contributed by atoms with Crippen LogP contribution in [0.1, 0.15) is 59.3 Å². The molecule has 1 unspecified atom stereocenters. The van der Waals surface area contributed by atoms with Gasteiger partial charge in [-0.3, -0.25) is 5.32 Å². The lowest BCUT2D eigenvalue weighted by Crippen LogP contribution is -2.42. The summed E-state index contributed by atoms with van der Waals surface area (Å²) in [6.45, 7) is 8.93. The van der Waals surface area contributed by atoms with Crippen LogP contribution in [0.2, 0.25) is 0 Å². The van der Waals surface area contributed by atoms with Crippen molar-refractivity contribution in [3.05, 3.63) is 0 Å². The van der Waals surface area contributed by atoms with Crippen molar-refractivity contribution >= 4 is 0 Å². The molecule has 1 rings (SSSR count). The van der Waals surface area contributed by atoms with Crippen LogP contribution in [-0.4, -0.2) is 36.6 Å². The number of rotatable bonds is 10. The number of nitriles is 1. The zero-order valence-electron chi connectivity index (χ0n) is 13.2. The van der Waals surface area contributed by atoms with Crippen LogP contribution < -0.4 is 5.32 Å². The van der Waals surface area contributed by atoms with E-state index in [1.54, 1.807) is 0 Å². The molecule has 1 aliphatic carbocycles. The van der Waals surface area contributed by atoms with Crippen molar-refractivity contribution in [2.45, 2.75) is 70.9 Å². The van der Waals surface area contributed by atoms with Crippen LogP contribution in [-0.2, 0) is 0 Å². The largest absolute Gasteiger partial charge is 0.306 e. The number of nitrogens with one attached hydrogen (secondary N) is 1. The molecule has 0 spiro atoms. The van der Waals surface area contributed by atoms with Crippen LogP contribution in [0.15, 0.2) is 0 Å². The van der Waals surface area contributed by atoms with Gasteiger partial charge in [-0.15, -0.1) is 0 Å². The lowest BCUT2D eigenvalue weighted by molar-refractivity contribution is 0.295. The Morgan fingerprint density at radius 3 is 2.53 bits per heavy atom. The molecule has 1 atom stereocenters. The summed E-state index contributed by atoms with van der Waals surface area (Å²) in [5, 5.41) is 12.8. The molecule has 19 heavy (non-hydrogen) atoms. The topological polar surface area (TPSA) is 39.1 Å². The minimum absolute atomic E-state index is 0.308. The molecule has 3 nitrogen and oxygen atoms in total. The molecule has 0 saturated heterocycles. The van der Waals surface area contributed by atoms with E-state index in [-0.39, 0.29) is 5.54 Å². The fraction of sp³-hybridized carbons (Fsp3) is 0.938. The van der Waals surface area contributed by atoms with E-state index in [9.17, 15) is 5.26 Å². The molecule has 0 aromatic carbocycles. The lowest BCUT2D eigenvalue weighted by atomic mass is 9.96. The van der Waals surface area contributed by atoms with Crippen molar-refractivity contribution < 1.29 is 0 Å². The zero-order chi connectivity index (χ0) is 14.3. The number of unbranched alkanes of at least 4 members (excludes halogenated alkanes) is 1. The van der Waals surface area contributed by atoms with Crippen LogP contribution >= 0.6 is 0 Å². The molecule has 1 saturated carbocycles. The van der Waals surface area contributed by atoms with Crippen LogP contribution in [0.5, 0.6) is 0 Å². The van der Waals surface area contributed by atoms with Gasteiger partial charge < -0.3 is 4.90 Å². The highest BCUT2D eigenvalue weighted by atomic mass is 15.1. The quantitative estimate of drug-likeness (QED) is 0.617. The third-order valence-corrected chi connectivity index (χ3v) is 3.90. The van der Waals surface area contributed by atoms with Gasteiger partial charge in [0.15, 0.2) is 0 Å². The molecule has 0 amide bonds. The van der Waals surface area contributed by atoms with Gasteiger partial charge in [0.05, 0.1) is 6.07 Å². The van der Waals surface area contributed by atoms with Gasteiger partial charge in [-0.1, -0.05) is 13.8 Å². The molecule has 3 heteroatoms. The van der Waals surface area contributed by atoms with Gasteiger partial charge in [0.25, 0.3) is 0 Å². The van der Waals surface area contributed by atoms with Crippen molar-refractivity contribution in [2.75, 3.05) is 20.1 Å². The molecule has 110 valence electrons. The average molecular weight is 265 g/mol. The molecule has 0 aliphatic heterocycles. The van der Waals surface area contributed by atoms with Crippen molar-refractivity contribution in [1.82, 2.24) is 10.2 Å². The second-order valence-electron chi connectivity index (χ2n) is 6.81. The maximum absolute atomic E-state index is 9.29. The molecular weight excluding hydrogens is 234 g/mol. The lowest BCUT2D eigenvalue weighted by Gasteiger charge is -2.24. The average Bonchev–Trinajstić information content (AvgIpc) is 3.16. The molecule has 0 radical (unpaired) electrons. The second kappa shape index (κ2) is 7.87. The summed E-state index contributed by atoms with van der Waals surface area (Å²) >= 11 is 0. The number of nitrogens with zero attached hydrogens (tertiary/aromatic N) is 2. The van der Waals surface area contributed by atoms with E-state index in [1.807, 2.05) is 6.92 Å². The van der Waals surface area contributed by atoms with Crippen LogP contribution in [0.3, 0.4) is 0 Å². The summed E-state index contributed by atoms with van der Waals surface area (Å²) in [6.07, 6.45) is 7.06. The first-order valence-corrected chi connectivity index (χ1v) is 7.82. The fourth-order valence-electron chi connectivity index (χ4n) is 2.29. The monoisotopic (exact) mass is 265 g/mol. The number of hydrogen-bond donors (Lipinski definition) is 1. The standard InChI is InChI=1S/C16H31N3/c1-14(2)9-12-19(4)11-6-5-10-16(3,13-17)18-15-7-8-15/h14-15,18H,5-12H2,1-4H3. The Bertz CT molecular complexity index is 291. The predicted molar refractivity (Wildman–Crippen MR) is 81.0 cm³/mol. The molecular formula is C16H31N3. The Balaban J connectivity index is 2.09. The second-order valence-corrected chi connectivity index (χ2v) is 6.81. The van der Waals surface area contributed by atoms with Gasteiger partial charge in [-0.25, -0.2) is 0 Å². The summed E-state index contributed by atoms with van der Waals surface area (Å²) in [5.41, 5.74) is -0.308. The molecule has 1 aliphatic rings. The molecule has 0 heterocycles. The van der Waals surface area contributed by atoms with Gasteiger partial charge in [0.1, 0.15) is 5.54 Å². The first-order valence-electron chi connectivity index (χ1n) is 7.82. The molecule has 1 N–H and O–H groups in total. The highest BCUT2D eigenvalue weighted by molar-refractivity contribution is 5.06. The van der Waals surface area contributed by atoms with E-state index in [0.29, 0.717) is 6.04 Å². The minimum atomic E-state index is -0.308. The number of hydrogen-bond acceptors (Lipinski definition) is 3. The van der Waals surface area contributed by atoms with Crippen molar-refractivity contribution in [1.29, 1.82) is 5.26 Å². The predicted octanol–water partition coefficient (Wildman–Crippen LogP) is 3.17. The Morgan fingerprint density at radius 1 is 1.32 bits per heavy atom. The molecule has 1 fully saturated rings. The van der Waals surface area contributed by atoms with E-state index in [4.69, 9.17) is 0 Å². The van der Waals surface area contributed by atoms with E-state index < -0.39 is 0 Å². The Kier molecular flexibility index (Phi) is 6.82. The van der Waals surface area contributed by atoms with Crippen molar-refractivity contribution in [3.8, 4) is 6.07 Å². The normalized spacial score (nSPS) is 18.6. The van der Waals surface area contributed by atoms with Crippen LogP contribution in [0, 0.1) is 17.2 Å². The van der Waals surface area contributed by atoms with Gasteiger partial charge in [-0.2, -0.15) is 5.26 Å². The SMILES string of the molecule is CC(C)CCN(C)CCCCC(C)(C#N)NC1CC1. The van der Waals surface area contributed by atoms with Gasteiger partial charge in [0, 0.05) is 6.04 Å². The first kappa shape index (κ1) is 16.5. The summed E-state index contributed by atoms with van der Waals surface area (Å²) < 4.78 is 0. The maximum atomic E-state index is 9.29. The van der Waals surface area contributed by atoms with Gasteiger partial charge in [-0.05, 0) is 71.5 Å². The van der Waals surface area contributed by atoms with Crippen molar-refractivity contribution in [3.63, 3.8) is 0 Å². The summed E-state index contributed by atoms with van der Waals surface area (Å²) in [5.74, 6) is 0.784. The highest BCUT2D eigenvalue weighted by Gasteiger charge is 2.31. The summed E-state index contributed by atoms with van der Waals surface area (Å²) in [6, 6.07) is 3.06.